The normalized spacial score (nSPS) is 11.4. The van der Waals surface area contributed by atoms with E-state index in [1.807, 2.05) is 36.4 Å². The molecule has 0 saturated carbocycles. The average Bonchev–Trinajstić information content (AvgIpc) is 2.92. The fourth-order valence-electron chi connectivity index (χ4n) is 4.45. The Labute approximate surface area is 231 Å². The number of unbranched alkanes of at least 4 members (excludes halogenated alkanes) is 12. The molecule has 0 radical (unpaired) electrons. The van der Waals surface area contributed by atoms with E-state index < -0.39 is 5.97 Å². The highest BCUT2D eigenvalue weighted by atomic mass is 32.2. The fourth-order valence-corrected chi connectivity index (χ4v) is 5.00. The van der Waals surface area contributed by atoms with Crippen molar-refractivity contribution in [3.63, 3.8) is 0 Å². The first-order valence-corrected chi connectivity index (χ1v) is 14.8. The number of thioether (sulfide) groups is 1. The standard InChI is InChI=1S/C31H43NO5S/c1-32-31(36)38-26(24-33)23-25-20-21-29(28-18-15-14-17-27(25)28)37-22-16-12-10-8-6-4-2-3-5-7-9-11-13-19-30(34)35/h14-15,17-18,20-21,23-24H,2-13,16,19,22H2,1H3,(H,32,36)(H,34,35)/b26-23-. The highest BCUT2D eigenvalue weighted by Crippen LogP contribution is 2.31. The van der Waals surface area contributed by atoms with E-state index in [1.165, 1.54) is 51.4 Å². The number of carbonyl (C=O) groups excluding carboxylic acids is 2. The second-order valence-corrected chi connectivity index (χ2v) is 10.6. The van der Waals surface area contributed by atoms with E-state index in [4.69, 9.17) is 9.84 Å². The van der Waals surface area contributed by atoms with E-state index in [1.54, 1.807) is 13.1 Å². The lowest BCUT2D eigenvalue weighted by Crippen LogP contribution is -2.11. The minimum atomic E-state index is -0.683. The molecule has 38 heavy (non-hydrogen) atoms. The Hall–Kier alpha value is -2.80. The van der Waals surface area contributed by atoms with Gasteiger partial charge >= 0.3 is 5.97 Å². The van der Waals surface area contributed by atoms with Crippen molar-refractivity contribution >= 4 is 46.1 Å². The van der Waals surface area contributed by atoms with Gasteiger partial charge in [-0.2, -0.15) is 0 Å². The molecule has 0 aliphatic carbocycles. The maximum atomic E-state index is 11.6. The molecule has 0 saturated heterocycles. The van der Waals surface area contributed by atoms with Crippen LogP contribution >= 0.6 is 11.8 Å². The van der Waals surface area contributed by atoms with Crippen molar-refractivity contribution in [2.75, 3.05) is 13.7 Å². The van der Waals surface area contributed by atoms with E-state index in [0.29, 0.717) is 24.2 Å². The van der Waals surface area contributed by atoms with Gasteiger partial charge in [-0.05, 0) is 47.7 Å². The second-order valence-electron chi connectivity index (χ2n) is 9.59. The number of hydrogen-bond acceptors (Lipinski definition) is 5. The van der Waals surface area contributed by atoms with Gasteiger partial charge in [0.15, 0.2) is 6.29 Å². The van der Waals surface area contributed by atoms with E-state index in [0.717, 1.165) is 66.0 Å². The number of carbonyl (C=O) groups is 3. The third kappa shape index (κ3) is 12.6. The summed E-state index contributed by atoms with van der Waals surface area (Å²) >= 11 is 0.882. The third-order valence-electron chi connectivity index (χ3n) is 6.54. The zero-order valence-electron chi connectivity index (χ0n) is 22.7. The van der Waals surface area contributed by atoms with Crippen molar-refractivity contribution in [2.24, 2.45) is 0 Å². The highest BCUT2D eigenvalue weighted by molar-refractivity contribution is 8.17. The zero-order valence-corrected chi connectivity index (χ0v) is 23.5. The molecule has 7 heteroatoms. The first kappa shape index (κ1) is 31.4. The lowest BCUT2D eigenvalue weighted by Gasteiger charge is -2.12. The Bertz CT molecular complexity index is 1040. The van der Waals surface area contributed by atoms with Crippen LogP contribution in [0, 0.1) is 0 Å². The van der Waals surface area contributed by atoms with Crippen LogP contribution < -0.4 is 10.1 Å². The van der Waals surface area contributed by atoms with Crippen molar-refractivity contribution < 1.29 is 24.2 Å². The SMILES string of the molecule is CNC(=O)S/C(C=O)=C\c1ccc(OCCCCCCCCCCCCCCCC(=O)O)c2ccccc12. The first-order valence-electron chi connectivity index (χ1n) is 14.0. The molecular weight excluding hydrogens is 498 g/mol. The fraction of sp³-hybridized carbons (Fsp3) is 0.516. The van der Waals surface area contributed by atoms with Crippen molar-refractivity contribution in [2.45, 2.75) is 89.9 Å². The summed E-state index contributed by atoms with van der Waals surface area (Å²) in [6.07, 6.45) is 18.1. The third-order valence-corrected chi connectivity index (χ3v) is 7.38. The Balaban J connectivity index is 1.63. The number of hydrogen-bond donors (Lipinski definition) is 2. The summed E-state index contributed by atoms with van der Waals surface area (Å²) in [5.74, 6) is 0.156. The summed E-state index contributed by atoms with van der Waals surface area (Å²) in [6.45, 7) is 0.678. The minimum absolute atomic E-state index is 0.272. The molecule has 1 amide bonds. The topological polar surface area (TPSA) is 92.7 Å². The summed E-state index contributed by atoms with van der Waals surface area (Å²) in [5.41, 5.74) is 0.877. The molecule has 0 atom stereocenters. The quantitative estimate of drug-likeness (QED) is 0.0993. The van der Waals surface area contributed by atoms with Crippen molar-refractivity contribution in [3.05, 3.63) is 46.9 Å². The van der Waals surface area contributed by atoms with Crippen molar-refractivity contribution in [1.82, 2.24) is 5.32 Å². The van der Waals surface area contributed by atoms with Crippen LogP contribution in [-0.2, 0) is 9.59 Å². The summed E-state index contributed by atoms with van der Waals surface area (Å²) in [7, 11) is 1.54. The Morgan fingerprint density at radius 1 is 0.816 bits per heavy atom. The number of benzene rings is 2. The number of carboxylic acids is 1. The molecule has 2 aromatic carbocycles. The molecule has 0 aliphatic rings. The van der Waals surface area contributed by atoms with Crippen LogP contribution in [0.5, 0.6) is 5.75 Å². The second kappa shape index (κ2) is 19.3. The maximum absolute atomic E-state index is 11.6. The van der Waals surface area contributed by atoms with Crippen LogP contribution in [0.15, 0.2) is 41.3 Å². The maximum Gasteiger partial charge on any atom is 0.303 e. The number of nitrogens with one attached hydrogen (secondary N) is 1. The molecule has 6 nitrogen and oxygen atoms in total. The average molecular weight is 542 g/mol. The number of carboxylic acid groups (broad SMARTS) is 1. The lowest BCUT2D eigenvalue weighted by atomic mass is 10.0. The number of ether oxygens (including phenoxy) is 1. The van der Waals surface area contributed by atoms with Crippen LogP contribution in [0.3, 0.4) is 0 Å². The molecule has 2 aromatic rings. The molecule has 0 bridgehead atoms. The summed E-state index contributed by atoms with van der Waals surface area (Å²) in [6, 6.07) is 11.8. The largest absolute Gasteiger partial charge is 0.493 e. The Morgan fingerprint density at radius 2 is 1.37 bits per heavy atom. The van der Waals surface area contributed by atoms with E-state index in [-0.39, 0.29) is 5.24 Å². The number of rotatable bonds is 20. The molecule has 0 aromatic heterocycles. The summed E-state index contributed by atoms with van der Waals surface area (Å²) in [5, 5.41) is 12.9. The van der Waals surface area contributed by atoms with Crippen molar-refractivity contribution in [1.29, 1.82) is 0 Å². The van der Waals surface area contributed by atoms with Crippen LogP contribution in [0.25, 0.3) is 16.8 Å². The van der Waals surface area contributed by atoms with Crippen LogP contribution in [0.4, 0.5) is 4.79 Å². The summed E-state index contributed by atoms with van der Waals surface area (Å²) < 4.78 is 6.12. The molecule has 208 valence electrons. The van der Waals surface area contributed by atoms with Gasteiger partial charge in [-0.3, -0.25) is 14.4 Å². The van der Waals surface area contributed by atoms with Gasteiger partial charge in [0.25, 0.3) is 5.24 Å². The molecule has 0 unspecified atom stereocenters. The monoisotopic (exact) mass is 541 g/mol. The number of aliphatic carboxylic acids is 1. The predicted octanol–water partition coefficient (Wildman–Crippen LogP) is 8.38. The predicted molar refractivity (Wildman–Crippen MR) is 158 cm³/mol. The molecule has 0 spiro atoms. The molecular formula is C31H43NO5S. The van der Waals surface area contributed by atoms with E-state index in [9.17, 15) is 14.4 Å². The zero-order chi connectivity index (χ0) is 27.4. The number of allylic oxidation sites excluding steroid dienone is 1. The smallest absolute Gasteiger partial charge is 0.303 e. The molecule has 0 fully saturated rings. The minimum Gasteiger partial charge on any atom is -0.493 e. The molecule has 2 N–H and O–H groups in total. The Kier molecular flexibility index (Phi) is 16.0. The van der Waals surface area contributed by atoms with Gasteiger partial charge in [0, 0.05) is 18.9 Å². The highest BCUT2D eigenvalue weighted by Gasteiger charge is 2.09. The van der Waals surface area contributed by atoms with Gasteiger partial charge in [0.1, 0.15) is 5.75 Å². The van der Waals surface area contributed by atoms with Crippen LogP contribution in [-0.4, -0.2) is 36.3 Å². The number of fused-ring (bicyclic) bond motifs is 1. The van der Waals surface area contributed by atoms with Gasteiger partial charge in [0.2, 0.25) is 0 Å². The molecule has 0 heterocycles. The van der Waals surface area contributed by atoms with Gasteiger partial charge in [-0.1, -0.05) is 101 Å². The van der Waals surface area contributed by atoms with Crippen molar-refractivity contribution in [3.8, 4) is 5.75 Å². The first-order chi connectivity index (χ1) is 18.5. The van der Waals surface area contributed by atoms with Gasteiger partial charge in [0.05, 0.1) is 11.5 Å². The summed E-state index contributed by atoms with van der Waals surface area (Å²) in [4.78, 5) is 33.9. The van der Waals surface area contributed by atoms with E-state index >= 15 is 0 Å². The van der Waals surface area contributed by atoms with Gasteiger partial charge in [-0.15, -0.1) is 0 Å². The number of aldehydes is 1. The van der Waals surface area contributed by atoms with Crippen LogP contribution in [0.2, 0.25) is 0 Å². The molecule has 0 aliphatic heterocycles. The lowest BCUT2D eigenvalue weighted by molar-refractivity contribution is -0.137. The van der Waals surface area contributed by atoms with E-state index in [2.05, 4.69) is 5.32 Å². The van der Waals surface area contributed by atoms with Gasteiger partial charge in [-0.25, -0.2) is 0 Å². The van der Waals surface area contributed by atoms with Gasteiger partial charge < -0.3 is 15.2 Å². The molecule has 2 rings (SSSR count). The number of amides is 1. The van der Waals surface area contributed by atoms with Crippen LogP contribution in [0.1, 0.15) is 95.5 Å². The Morgan fingerprint density at radius 3 is 1.92 bits per heavy atom.